The Balaban J connectivity index is 1.34. The van der Waals surface area contributed by atoms with E-state index in [1.807, 2.05) is 49.4 Å². The number of hydrogen-bond donors (Lipinski definition) is 1. The molecule has 0 bridgehead atoms. The van der Waals surface area contributed by atoms with E-state index in [-0.39, 0.29) is 18.3 Å². The van der Waals surface area contributed by atoms with Gasteiger partial charge < -0.3 is 19.5 Å². The van der Waals surface area contributed by atoms with Crippen molar-refractivity contribution in [1.29, 1.82) is 0 Å². The molecule has 1 heterocycles. The zero-order valence-corrected chi connectivity index (χ0v) is 16.6. The summed E-state index contributed by atoms with van der Waals surface area (Å²) in [6.07, 6.45) is 0.742. The molecule has 3 rings (SSSR count). The summed E-state index contributed by atoms with van der Waals surface area (Å²) >= 11 is 1.33. The van der Waals surface area contributed by atoms with Gasteiger partial charge in [-0.25, -0.2) is 0 Å². The summed E-state index contributed by atoms with van der Waals surface area (Å²) in [5, 5.41) is 2.77. The Hall–Kier alpha value is -2.67. The number of nitrogens with one attached hydrogen (secondary N) is 1. The van der Waals surface area contributed by atoms with E-state index in [9.17, 15) is 9.59 Å². The van der Waals surface area contributed by atoms with Crippen LogP contribution in [0, 0.1) is 6.92 Å². The Morgan fingerprint density at radius 3 is 2.71 bits per heavy atom. The number of ether oxygens (including phenoxy) is 3. The second-order valence-corrected chi connectivity index (χ2v) is 7.33. The lowest BCUT2D eigenvalue weighted by Gasteiger charge is -2.18. The molecule has 0 radical (unpaired) electrons. The third kappa shape index (κ3) is 5.92. The minimum absolute atomic E-state index is 0.121. The van der Waals surface area contributed by atoms with Gasteiger partial charge in [-0.15, -0.1) is 11.8 Å². The number of carbonyl (C=O) groups excluding carboxylic acids is 2. The van der Waals surface area contributed by atoms with E-state index in [4.69, 9.17) is 14.2 Å². The molecule has 148 valence electrons. The van der Waals surface area contributed by atoms with Crippen molar-refractivity contribution >= 4 is 23.6 Å². The van der Waals surface area contributed by atoms with Gasteiger partial charge in [-0.05, 0) is 42.7 Å². The Labute approximate surface area is 168 Å². The van der Waals surface area contributed by atoms with E-state index in [2.05, 4.69) is 5.32 Å². The summed E-state index contributed by atoms with van der Waals surface area (Å²) in [4.78, 5) is 24.6. The molecule has 1 amide bonds. The molecule has 0 aromatic heterocycles. The van der Waals surface area contributed by atoms with Gasteiger partial charge in [0.15, 0.2) is 18.1 Å². The van der Waals surface area contributed by atoms with E-state index in [0.29, 0.717) is 31.3 Å². The van der Waals surface area contributed by atoms with Gasteiger partial charge in [0.2, 0.25) is 0 Å². The van der Waals surface area contributed by atoms with Gasteiger partial charge in [0.1, 0.15) is 13.2 Å². The Bertz CT molecular complexity index is 839. The molecule has 2 aromatic carbocycles. The van der Waals surface area contributed by atoms with Gasteiger partial charge in [-0.3, -0.25) is 9.59 Å². The van der Waals surface area contributed by atoms with Crippen molar-refractivity contribution in [2.24, 2.45) is 0 Å². The molecule has 0 saturated carbocycles. The predicted octanol–water partition coefficient (Wildman–Crippen LogP) is 2.76. The molecule has 0 atom stereocenters. The fourth-order valence-electron chi connectivity index (χ4n) is 2.72. The quantitative estimate of drug-likeness (QED) is 0.542. The first-order valence-corrected chi connectivity index (χ1v) is 10.1. The minimum Gasteiger partial charge on any atom is -0.486 e. The number of carbonyl (C=O) groups is 2. The van der Waals surface area contributed by atoms with Crippen LogP contribution in [0.15, 0.2) is 47.4 Å². The predicted molar refractivity (Wildman–Crippen MR) is 107 cm³/mol. The van der Waals surface area contributed by atoms with Crippen molar-refractivity contribution in [3.8, 4) is 11.5 Å². The molecule has 7 heteroatoms. The van der Waals surface area contributed by atoms with Crippen molar-refractivity contribution in [3.63, 3.8) is 0 Å². The topological polar surface area (TPSA) is 73.9 Å². The number of rotatable bonds is 8. The lowest BCUT2D eigenvalue weighted by atomic mass is 10.1. The zero-order chi connectivity index (χ0) is 19.8. The third-order valence-electron chi connectivity index (χ3n) is 4.21. The maximum atomic E-state index is 11.9. The fourth-order valence-corrected chi connectivity index (χ4v) is 3.44. The molecule has 0 fully saturated rings. The number of amides is 1. The van der Waals surface area contributed by atoms with Crippen LogP contribution >= 0.6 is 11.8 Å². The summed E-state index contributed by atoms with van der Waals surface area (Å²) in [7, 11) is 0. The van der Waals surface area contributed by atoms with E-state index in [1.165, 1.54) is 22.9 Å². The van der Waals surface area contributed by atoms with Gasteiger partial charge in [0, 0.05) is 11.4 Å². The smallest absolute Gasteiger partial charge is 0.316 e. The van der Waals surface area contributed by atoms with Crippen molar-refractivity contribution in [2.75, 3.05) is 32.1 Å². The Morgan fingerprint density at radius 2 is 1.89 bits per heavy atom. The SMILES string of the molecule is Cc1ccccc1CCNC(=O)COC(=O)CSc1ccc2c(c1)OCCO2. The highest BCUT2D eigenvalue weighted by Gasteiger charge is 2.13. The van der Waals surface area contributed by atoms with E-state index < -0.39 is 5.97 Å². The van der Waals surface area contributed by atoms with Gasteiger partial charge in [0.05, 0.1) is 5.75 Å². The molecule has 0 spiro atoms. The summed E-state index contributed by atoms with van der Waals surface area (Å²) in [5.41, 5.74) is 2.38. The summed E-state index contributed by atoms with van der Waals surface area (Å²) < 4.78 is 16.0. The second kappa shape index (κ2) is 10.0. The van der Waals surface area contributed by atoms with E-state index in [0.717, 1.165) is 11.3 Å². The minimum atomic E-state index is -0.436. The van der Waals surface area contributed by atoms with Crippen LogP contribution in [-0.2, 0) is 20.7 Å². The highest BCUT2D eigenvalue weighted by molar-refractivity contribution is 8.00. The second-order valence-electron chi connectivity index (χ2n) is 6.28. The van der Waals surface area contributed by atoms with Crippen molar-refractivity contribution in [1.82, 2.24) is 5.32 Å². The fraction of sp³-hybridized carbons (Fsp3) is 0.333. The van der Waals surface area contributed by atoms with Crippen LogP contribution in [0.1, 0.15) is 11.1 Å². The molecule has 1 aliphatic rings. The molecule has 0 unspecified atom stereocenters. The number of aryl methyl sites for hydroxylation is 1. The number of esters is 1. The summed E-state index contributed by atoms with van der Waals surface area (Å²) in [6, 6.07) is 13.6. The van der Waals surface area contributed by atoms with Crippen LogP contribution in [0.25, 0.3) is 0 Å². The van der Waals surface area contributed by atoms with Gasteiger partial charge in [-0.2, -0.15) is 0 Å². The molecular formula is C21H23NO5S. The summed E-state index contributed by atoms with van der Waals surface area (Å²) in [6.45, 7) is 3.33. The summed E-state index contributed by atoms with van der Waals surface area (Å²) in [5.74, 6) is 0.772. The third-order valence-corrected chi connectivity index (χ3v) is 5.18. The number of hydrogen-bond acceptors (Lipinski definition) is 6. The van der Waals surface area contributed by atoms with Crippen LogP contribution < -0.4 is 14.8 Å². The monoisotopic (exact) mass is 401 g/mol. The van der Waals surface area contributed by atoms with E-state index >= 15 is 0 Å². The molecule has 0 saturated heterocycles. The molecule has 1 aliphatic heterocycles. The molecule has 0 aliphatic carbocycles. The van der Waals surface area contributed by atoms with Crippen molar-refractivity contribution in [3.05, 3.63) is 53.6 Å². The van der Waals surface area contributed by atoms with Crippen molar-refractivity contribution < 1.29 is 23.8 Å². The maximum absolute atomic E-state index is 11.9. The van der Waals surface area contributed by atoms with Crippen LogP contribution in [-0.4, -0.2) is 44.0 Å². The van der Waals surface area contributed by atoms with Crippen LogP contribution in [0.3, 0.4) is 0 Å². The molecule has 2 aromatic rings. The first-order chi connectivity index (χ1) is 13.6. The standard InChI is InChI=1S/C21H23NO5S/c1-15-4-2-3-5-16(15)8-9-22-20(23)13-27-21(24)14-28-17-6-7-18-19(12-17)26-11-10-25-18/h2-7,12H,8-11,13-14H2,1H3,(H,22,23). The number of benzene rings is 2. The lowest BCUT2D eigenvalue weighted by molar-refractivity contribution is -0.145. The molecule has 1 N–H and O–H groups in total. The number of thioether (sulfide) groups is 1. The lowest BCUT2D eigenvalue weighted by Crippen LogP contribution is -2.30. The molecule has 28 heavy (non-hydrogen) atoms. The average Bonchev–Trinajstić information content (AvgIpc) is 2.72. The van der Waals surface area contributed by atoms with Crippen LogP contribution in [0.4, 0.5) is 0 Å². The first kappa shape index (κ1) is 20.1. The van der Waals surface area contributed by atoms with Crippen molar-refractivity contribution in [2.45, 2.75) is 18.2 Å². The first-order valence-electron chi connectivity index (χ1n) is 9.11. The van der Waals surface area contributed by atoms with Gasteiger partial charge in [0.25, 0.3) is 5.91 Å². The van der Waals surface area contributed by atoms with E-state index in [1.54, 1.807) is 0 Å². The van der Waals surface area contributed by atoms with Gasteiger partial charge >= 0.3 is 5.97 Å². The van der Waals surface area contributed by atoms with Crippen LogP contribution in [0.5, 0.6) is 11.5 Å². The normalized spacial score (nSPS) is 12.3. The molecular weight excluding hydrogens is 378 g/mol. The average molecular weight is 401 g/mol. The van der Waals surface area contributed by atoms with Gasteiger partial charge in [-0.1, -0.05) is 24.3 Å². The largest absolute Gasteiger partial charge is 0.486 e. The zero-order valence-electron chi connectivity index (χ0n) is 15.7. The Kier molecular flexibility index (Phi) is 7.19. The number of fused-ring (bicyclic) bond motifs is 1. The Morgan fingerprint density at radius 1 is 1.11 bits per heavy atom. The van der Waals surface area contributed by atoms with Crippen LogP contribution in [0.2, 0.25) is 0 Å². The maximum Gasteiger partial charge on any atom is 0.316 e. The molecule has 6 nitrogen and oxygen atoms in total. The highest BCUT2D eigenvalue weighted by Crippen LogP contribution is 2.34. The highest BCUT2D eigenvalue weighted by atomic mass is 32.2.